The molecule has 0 N–H and O–H groups in total. The van der Waals surface area contributed by atoms with Gasteiger partial charge in [-0.05, 0) is 24.6 Å². The molecule has 1 fully saturated rings. The van der Waals surface area contributed by atoms with Crippen LogP contribution in [0, 0.1) is 0 Å². The fraction of sp³-hybridized carbons (Fsp3) is 0.364. The summed E-state index contributed by atoms with van der Waals surface area (Å²) in [6.07, 6.45) is 7.82. The molecule has 0 saturated carbocycles. The summed E-state index contributed by atoms with van der Waals surface area (Å²) >= 11 is 3.23. The number of aromatic nitrogens is 3. The minimum Gasteiger partial charge on any atom is -0.354 e. The summed E-state index contributed by atoms with van der Waals surface area (Å²) in [7, 11) is 0. The largest absolute Gasteiger partial charge is 0.354 e. The molecular formula is C11H12N4S2. The van der Waals surface area contributed by atoms with E-state index in [9.17, 15) is 0 Å². The van der Waals surface area contributed by atoms with Gasteiger partial charge in [0, 0.05) is 37.1 Å². The fourth-order valence-corrected chi connectivity index (χ4v) is 3.50. The molecule has 0 spiro atoms. The second-order valence-electron chi connectivity index (χ2n) is 3.78. The first-order valence-electron chi connectivity index (χ1n) is 5.57. The Morgan fingerprint density at radius 3 is 2.65 bits per heavy atom. The van der Waals surface area contributed by atoms with Gasteiger partial charge < -0.3 is 4.90 Å². The van der Waals surface area contributed by atoms with Gasteiger partial charge in [0.2, 0.25) is 0 Å². The fourth-order valence-electron chi connectivity index (χ4n) is 1.88. The third kappa shape index (κ3) is 2.42. The van der Waals surface area contributed by atoms with E-state index in [0.29, 0.717) is 0 Å². The Morgan fingerprint density at radius 2 is 1.88 bits per heavy atom. The van der Waals surface area contributed by atoms with Crippen LogP contribution in [-0.2, 0) is 0 Å². The lowest BCUT2D eigenvalue weighted by Crippen LogP contribution is -2.20. The summed E-state index contributed by atoms with van der Waals surface area (Å²) in [6.45, 7) is 2.17. The van der Waals surface area contributed by atoms with Crippen LogP contribution in [0.4, 0.5) is 5.82 Å². The van der Waals surface area contributed by atoms with Crippen molar-refractivity contribution in [1.29, 1.82) is 0 Å². The van der Waals surface area contributed by atoms with Gasteiger partial charge in [0.1, 0.15) is 5.03 Å². The zero-order valence-corrected chi connectivity index (χ0v) is 10.9. The molecule has 0 radical (unpaired) electrons. The second kappa shape index (κ2) is 5.01. The first-order valence-corrected chi connectivity index (χ1v) is 7.26. The van der Waals surface area contributed by atoms with Crippen LogP contribution < -0.4 is 4.90 Å². The van der Waals surface area contributed by atoms with Gasteiger partial charge in [-0.1, -0.05) is 0 Å². The van der Waals surface area contributed by atoms with Crippen molar-refractivity contribution in [3.05, 3.63) is 24.0 Å². The number of nitrogens with zero attached hydrogens (tertiary/aromatic N) is 4. The van der Waals surface area contributed by atoms with Crippen LogP contribution in [0.3, 0.4) is 0 Å². The molecule has 4 nitrogen and oxygen atoms in total. The van der Waals surface area contributed by atoms with E-state index in [0.717, 1.165) is 28.3 Å². The van der Waals surface area contributed by atoms with E-state index in [2.05, 4.69) is 19.9 Å². The highest BCUT2D eigenvalue weighted by Gasteiger charge is 2.18. The van der Waals surface area contributed by atoms with Crippen molar-refractivity contribution >= 4 is 28.9 Å². The molecule has 88 valence electrons. The van der Waals surface area contributed by atoms with Crippen molar-refractivity contribution in [3.8, 4) is 0 Å². The lowest BCUT2D eigenvalue weighted by atomic mass is 10.4. The van der Waals surface area contributed by atoms with E-state index in [1.165, 1.54) is 12.8 Å². The van der Waals surface area contributed by atoms with Gasteiger partial charge in [-0.2, -0.15) is 0 Å². The molecule has 6 heteroatoms. The standard InChI is InChI=1S/C11H12N4S2/c1-2-7-15(6-1)9-10(13-4-3-12-9)17-11-14-5-8-16-11/h3-5,8H,1-2,6-7H2. The van der Waals surface area contributed by atoms with Crippen LogP contribution in [0.5, 0.6) is 0 Å². The molecule has 0 unspecified atom stereocenters. The maximum atomic E-state index is 4.46. The van der Waals surface area contributed by atoms with E-state index >= 15 is 0 Å². The third-order valence-corrected chi connectivity index (χ3v) is 4.51. The number of hydrogen-bond acceptors (Lipinski definition) is 6. The van der Waals surface area contributed by atoms with Crippen molar-refractivity contribution in [2.75, 3.05) is 18.0 Å². The number of anilines is 1. The molecule has 0 aromatic carbocycles. The Morgan fingerprint density at radius 1 is 1.06 bits per heavy atom. The molecule has 0 aliphatic carbocycles. The summed E-state index contributed by atoms with van der Waals surface area (Å²) in [5, 5.41) is 2.94. The number of hydrogen-bond donors (Lipinski definition) is 0. The molecule has 2 aromatic heterocycles. The molecule has 0 bridgehead atoms. The zero-order valence-electron chi connectivity index (χ0n) is 9.24. The van der Waals surface area contributed by atoms with Crippen molar-refractivity contribution < 1.29 is 0 Å². The molecule has 3 rings (SSSR count). The molecule has 3 heterocycles. The normalized spacial score (nSPS) is 15.4. The van der Waals surface area contributed by atoms with Crippen molar-refractivity contribution in [3.63, 3.8) is 0 Å². The van der Waals surface area contributed by atoms with Crippen LogP contribution in [0.25, 0.3) is 0 Å². The van der Waals surface area contributed by atoms with Crippen LogP contribution in [-0.4, -0.2) is 28.0 Å². The Kier molecular flexibility index (Phi) is 3.24. The predicted octanol–water partition coefficient (Wildman–Crippen LogP) is 2.68. The van der Waals surface area contributed by atoms with Gasteiger partial charge in [-0.3, -0.25) is 0 Å². The molecule has 1 aliphatic heterocycles. The SMILES string of the molecule is c1csc(Sc2nccnc2N2CCCC2)n1. The maximum absolute atomic E-state index is 4.46. The highest BCUT2D eigenvalue weighted by Crippen LogP contribution is 2.34. The van der Waals surface area contributed by atoms with Crippen LogP contribution >= 0.6 is 23.1 Å². The number of rotatable bonds is 3. The monoisotopic (exact) mass is 264 g/mol. The lowest BCUT2D eigenvalue weighted by molar-refractivity contribution is 0.886. The second-order valence-corrected chi connectivity index (χ2v) is 5.91. The van der Waals surface area contributed by atoms with Crippen LogP contribution in [0.1, 0.15) is 12.8 Å². The van der Waals surface area contributed by atoms with Gasteiger partial charge in [0.25, 0.3) is 0 Å². The maximum Gasteiger partial charge on any atom is 0.161 e. The highest BCUT2D eigenvalue weighted by molar-refractivity contribution is 8.01. The summed E-state index contributed by atoms with van der Waals surface area (Å²) in [6, 6.07) is 0. The lowest BCUT2D eigenvalue weighted by Gasteiger charge is -2.17. The van der Waals surface area contributed by atoms with Gasteiger partial charge in [-0.25, -0.2) is 15.0 Å². The van der Waals surface area contributed by atoms with Crippen molar-refractivity contribution in [2.45, 2.75) is 22.2 Å². The van der Waals surface area contributed by atoms with Crippen LogP contribution in [0.15, 0.2) is 33.3 Å². The van der Waals surface area contributed by atoms with Crippen molar-refractivity contribution in [1.82, 2.24) is 15.0 Å². The van der Waals surface area contributed by atoms with E-state index < -0.39 is 0 Å². The first-order chi connectivity index (χ1) is 8.43. The Hall–Kier alpha value is -1.14. The number of thiazole rings is 1. The molecule has 17 heavy (non-hydrogen) atoms. The quantitative estimate of drug-likeness (QED) is 0.852. The molecule has 0 atom stereocenters. The minimum atomic E-state index is 0.962. The molecule has 0 amide bonds. The van der Waals surface area contributed by atoms with E-state index in [1.807, 2.05) is 11.6 Å². The van der Waals surface area contributed by atoms with Crippen LogP contribution in [0.2, 0.25) is 0 Å². The van der Waals surface area contributed by atoms with Gasteiger partial charge in [-0.15, -0.1) is 11.3 Å². The molecule has 1 saturated heterocycles. The van der Waals surface area contributed by atoms with E-state index in [-0.39, 0.29) is 0 Å². The average Bonchev–Trinajstić information content (AvgIpc) is 3.01. The molecule has 2 aromatic rings. The highest BCUT2D eigenvalue weighted by atomic mass is 32.2. The Bertz CT molecular complexity index is 480. The predicted molar refractivity (Wildman–Crippen MR) is 69.7 cm³/mol. The Labute approximate surface area is 108 Å². The molecule has 1 aliphatic rings. The molecular weight excluding hydrogens is 252 g/mol. The van der Waals surface area contributed by atoms with Gasteiger partial charge in [0.05, 0.1) is 0 Å². The Balaban J connectivity index is 1.87. The van der Waals surface area contributed by atoms with E-state index in [1.54, 1.807) is 35.5 Å². The summed E-state index contributed by atoms with van der Waals surface area (Å²) in [5.74, 6) is 1.00. The third-order valence-electron chi connectivity index (χ3n) is 2.65. The summed E-state index contributed by atoms with van der Waals surface area (Å²) in [4.78, 5) is 15.5. The smallest absolute Gasteiger partial charge is 0.161 e. The average molecular weight is 264 g/mol. The van der Waals surface area contributed by atoms with Gasteiger partial charge in [0.15, 0.2) is 10.2 Å². The zero-order chi connectivity index (χ0) is 11.5. The summed E-state index contributed by atoms with van der Waals surface area (Å²) in [5.41, 5.74) is 0. The van der Waals surface area contributed by atoms with Crippen molar-refractivity contribution in [2.24, 2.45) is 0 Å². The summed E-state index contributed by atoms with van der Waals surface area (Å²) < 4.78 is 1.02. The van der Waals surface area contributed by atoms with Gasteiger partial charge >= 0.3 is 0 Å². The van der Waals surface area contributed by atoms with E-state index in [4.69, 9.17) is 0 Å². The first kappa shape index (κ1) is 11.0. The minimum absolute atomic E-state index is 0.962. The topological polar surface area (TPSA) is 41.9 Å².